The molecule has 0 saturated carbocycles. The highest BCUT2D eigenvalue weighted by atomic mass is 16.4. The fourth-order valence-electron chi connectivity index (χ4n) is 3.10. The minimum atomic E-state index is -1.22. The average molecular weight is 496 g/mol. The minimum Gasteiger partial charge on any atom is -0.480 e. The van der Waals surface area contributed by atoms with E-state index in [1.807, 2.05) is 6.92 Å². The zero-order valence-corrected chi connectivity index (χ0v) is 20.3. The van der Waals surface area contributed by atoms with Crippen LogP contribution in [0.4, 0.5) is 0 Å². The highest BCUT2D eigenvalue weighted by Gasteiger charge is 2.31. The van der Waals surface area contributed by atoms with Crippen molar-refractivity contribution in [1.82, 2.24) is 25.9 Å². The molecule has 0 bridgehead atoms. The van der Waals surface area contributed by atoms with E-state index in [1.54, 1.807) is 13.1 Å². The van der Waals surface area contributed by atoms with E-state index in [0.29, 0.717) is 18.5 Å². The van der Waals surface area contributed by atoms with Gasteiger partial charge in [0.15, 0.2) is 5.96 Å². The van der Waals surface area contributed by atoms with Gasteiger partial charge in [0.05, 0.1) is 12.4 Å². The molecule has 1 aromatic rings. The number of nitrogens with two attached hydrogens (primary N) is 3. The van der Waals surface area contributed by atoms with Crippen molar-refractivity contribution < 1.29 is 24.3 Å². The van der Waals surface area contributed by atoms with Crippen LogP contribution in [0.5, 0.6) is 0 Å². The second kappa shape index (κ2) is 14.6. The van der Waals surface area contributed by atoms with Gasteiger partial charge in [-0.25, -0.2) is 4.98 Å². The van der Waals surface area contributed by atoms with Gasteiger partial charge in [0.25, 0.3) is 0 Å². The number of aromatic amines is 1. The van der Waals surface area contributed by atoms with E-state index in [9.17, 15) is 19.2 Å². The summed E-state index contributed by atoms with van der Waals surface area (Å²) in [7, 11) is 0. The summed E-state index contributed by atoms with van der Waals surface area (Å²) in [5.41, 5.74) is 17.3. The summed E-state index contributed by atoms with van der Waals surface area (Å²) < 4.78 is 0. The smallest absolute Gasteiger partial charge is 0.325 e. The predicted octanol–water partition coefficient (Wildman–Crippen LogP) is -2.06. The fraction of sp³-hybridized carbons (Fsp3) is 0.619. The monoisotopic (exact) mass is 495 g/mol. The zero-order valence-electron chi connectivity index (χ0n) is 20.3. The first-order valence-electron chi connectivity index (χ1n) is 11.4. The number of H-pyrrole nitrogens is 1. The van der Waals surface area contributed by atoms with Gasteiger partial charge in [-0.2, -0.15) is 0 Å². The van der Waals surface area contributed by atoms with Crippen molar-refractivity contribution in [1.29, 1.82) is 0 Å². The molecule has 5 atom stereocenters. The summed E-state index contributed by atoms with van der Waals surface area (Å²) >= 11 is 0. The van der Waals surface area contributed by atoms with E-state index in [4.69, 9.17) is 22.3 Å². The Balaban J connectivity index is 2.94. The lowest BCUT2D eigenvalue weighted by Crippen LogP contribution is -2.58. The Morgan fingerprint density at radius 1 is 1.11 bits per heavy atom. The SMILES string of the molecule is CCC(C)C(NC(=O)C(N)Cc1cnc[nH]1)C(=O)NC(CCCN=C(N)N)C(=O)NC(C)C(=O)O. The maximum atomic E-state index is 13.1. The van der Waals surface area contributed by atoms with E-state index >= 15 is 0 Å². The lowest BCUT2D eigenvalue weighted by molar-refractivity contribution is -0.142. The third-order valence-electron chi connectivity index (χ3n) is 5.43. The molecule has 0 saturated heterocycles. The molecule has 14 heteroatoms. The molecule has 11 N–H and O–H groups in total. The fourth-order valence-corrected chi connectivity index (χ4v) is 3.10. The van der Waals surface area contributed by atoms with Crippen LogP contribution in [0.1, 0.15) is 45.7 Å². The van der Waals surface area contributed by atoms with Gasteiger partial charge >= 0.3 is 5.97 Å². The third-order valence-corrected chi connectivity index (χ3v) is 5.43. The molecule has 1 heterocycles. The molecule has 0 spiro atoms. The van der Waals surface area contributed by atoms with Gasteiger partial charge < -0.3 is 43.2 Å². The topological polar surface area (TPSA) is 244 Å². The number of nitrogens with one attached hydrogen (secondary N) is 4. The van der Waals surface area contributed by atoms with Gasteiger partial charge in [-0.05, 0) is 25.7 Å². The third kappa shape index (κ3) is 10.4. The highest BCUT2D eigenvalue weighted by Crippen LogP contribution is 2.10. The molecule has 35 heavy (non-hydrogen) atoms. The lowest BCUT2D eigenvalue weighted by atomic mass is 9.97. The Kier molecular flexibility index (Phi) is 12.2. The van der Waals surface area contributed by atoms with Crippen molar-refractivity contribution in [2.24, 2.45) is 28.1 Å². The largest absolute Gasteiger partial charge is 0.480 e. The molecule has 196 valence electrons. The summed E-state index contributed by atoms with van der Waals surface area (Å²) in [5.74, 6) is -3.41. The van der Waals surface area contributed by atoms with E-state index in [-0.39, 0.29) is 31.3 Å². The van der Waals surface area contributed by atoms with Crippen molar-refractivity contribution in [3.05, 3.63) is 18.2 Å². The molecule has 0 radical (unpaired) electrons. The van der Waals surface area contributed by atoms with Crippen molar-refractivity contribution in [3.63, 3.8) is 0 Å². The summed E-state index contributed by atoms with van der Waals surface area (Å²) in [6.45, 7) is 5.16. The predicted molar refractivity (Wildman–Crippen MR) is 129 cm³/mol. The summed E-state index contributed by atoms with van der Waals surface area (Å²) in [4.78, 5) is 60.3. The molecule has 5 unspecified atom stereocenters. The number of imidazole rings is 1. The number of guanidine groups is 1. The van der Waals surface area contributed by atoms with Gasteiger partial charge in [-0.1, -0.05) is 20.3 Å². The number of aromatic nitrogens is 2. The number of aliphatic carboxylic acids is 1. The van der Waals surface area contributed by atoms with Crippen LogP contribution in [0.25, 0.3) is 0 Å². The number of hydrogen-bond acceptors (Lipinski definition) is 7. The van der Waals surface area contributed by atoms with Crippen molar-refractivity contribution in [2.45, 2.75) is 70.6 Å². The number of hydrogen-bond donors (Lipinski definition) is 8. The van der Waals surface area contributed by atoms with Gasteiger partial charge in [0.1, 0.15) is 18.1 Å². The zero-order chi connectivity index (χ0) is 26.5. The Bertz CT molecular complexity index is 871. The Labute approximate surface area is 203 Å². The molecule has 14 nitrogen and oxygen atoms in total. The second-order valence-corrected chi connectivity index (χ2v) is 8.34. The van der Waals surface area contributed by atoms with Crippen LogP contribution in [0.15, 0.2) is 17.5 Å². The average Bonchev–Trinajstić information content (AvgIpc) is 3.31. The number of carboxylic acid groups (broad SMARTS) is 1. The van der Waals surface area contributed by atoms with Crippen LogP contribution in [0.2, 0.25) is 0 Å². The first-order chi connectivity index (χ1) is 16.5. The quantitative estimate of drug-likeness (QED) is 0.0756. The molecular formula is C21H37N9O5. The Morgan fingerprint density at radius 3 is 2.34 bits per heavy atom. The minimum absolute atomic E-state index is 0.111. The van der Waals surface area contributed by atoms with Gasteiger partial charge in [0, 0.05) is 24.9 Å². The maximum Gasteiger partial charge on any atom is 0.325 e. The van der Waals surface area contributed by atoms with Crippen LogP contribution < -0.4 is 33.2 Å². The lowest BCUT2D eigenvalue weighted by Gasteiger charge is -2.27. The Hall–Kier alpha value is -3.68. The molecule has 3 amide bonds. The van der Waals surface area contributed by atoms with Crippen LogP contribution in [-0.4, -0.2) is 75.4 Å². The molecular weight excluding hydrogens is 458 g/mol. The number of carbonyl (C=O) groups is 4. The van der Waals surface area contributed by atoms with Gasteiger partial charge in [0.2, 0.25) is 17.7 Å². The number of aliphatic imine (C=N–C) groups is 1. The van der Waals surface area contributed by atoms with Crippen LogP contribution >= 0.6 is 0 Å². The van der Waals surface area contributed by atoms with Crippen molar-refractivity contribution in [3.8, 4) is 0 Å². The van der Waals surface area contributed by atoms with Gasteiger partial charge in [-0.15, -0.1) is 0 Å². The standard InChI is InChI=1S/C21H37N9O5/c1-4-11(2)16(30-17(31)14(22)8-13-9-25-10-27-13)19(33)29-15(6-5-7-26-21(23)24)18(32)28-12(3)20(34)35/h9-12,14-16H,4-8,22H2,1-3H3,(H,25,27)(H,28,32)(H,29,33)(H,30,31)(H,34,35)(H4,23,24,26). The number of carbonyl (C=O) groups excluding carboxylic acids is 3. The molecule has 1 rings (SSSR count). The maximum absolute atomic E-state index is 13.1. The Morgan fingerprint density at radius 2 is 1.80 bits per heavy atom. The normalized spacial score (nSPS) is 15.1. The van der Waals surface area contributed by atoms with Crippen molar-refractivity contribution in [2.75, 3.05) is 6.54 Å². The van der Waals surface area contributed by atoms with E-state index in [0.717, 1.165) is 0 Å². The number of carboxylic acids is 1. The number of rotatable bonds is 15. The molecule has 0 aliphatic rings. The van der Waals surface area contributed by atoms with Crippen LogP contribution in [0, 0.1) is 5.92 Å². The summed E-state index contributed by atoms with van der Waals surface area (Å²) in [6, 6.07) is -4.12. The van der Waals surface area contributed by atoms with Gasteiger partial charge in [-0.3, -0.25) is 24.2 Å². The van der Waals surface area contributed by atoms with E-state index in [1.165, 1.54) is 13.3 Å². The molecule has 1 aromatic heterocycles. The van der Waals surface area contributed by atoms with E-state index in [2.05, 4.69) is 30.9 Å². The summed E-state index contributed by atoms with van der Waals surface area (Å²) in [5, 5.41) is 16.7. The van der Waals surface area contributed by atoms with Crippen molar-refractivity contribution >= 4 is 29.7 Å². The molecule has 0 fully saturated rings. The first-order valence-corrected chi connectivity index (χ1v) is 11.4. The first kappa shape index (κ1) is 29.4. The molecule has 0 aliphatic heterocycles. The molecule has 0 aromatic carbocycles. The molecule has 0 aliphatic carbocycles. The number of amides is 3. The number of nitrogens with zero attached hydrogens (tertiary/aromatic N) is 2. The second-order valence-electron chi connectivity index (χ2n) is 8.34. The van der Waals surface area contributed by atoms with Crippen LogP contribution in [-0.2, 0) is 25.6 Å². The van der Waals surface area contributed by atoms with Crippen LogP contribution in [0.3, 0.4) is 0 Å². The summed E-state index contributed by atoms with van der Waals surface area (Å²) in [6.07, 6.45) is 4.26. The highest BCUT2D eigenvalue weighted by molar-refractivity contribution is 5.94. The van der Waals surface area contributed by atoms with E-state index < -0.39 is 47.9 Å².